The molecule has 0 heterocycles. The summed E-state index contributed by atoms with van der Waals surface area (Å²) < 4.78 is 132. The fourth-order valence-electron chi connectivity index (χ4n) is 2.06. The molecule has 1 unspecified atom stereocenters. The van der Waals surface area contributed by atoms with Gasteiger partial charge >= 0.3 is 5.97 Å². The van der Waals surface area contributed by atoms with Crippen LogP contribution in [0.15, 0.2) is 0 Å². The molecule has 0 aliphatic heterocycles. The molecule has 36 heavy (non-hydrogen) atoms. The summed E-state index contributed by atoms with van der Waals surface area (Å²) in [6, 6.07) is 0. The van der Waals surface area contributed by atoms with Crippen LogP contribution in [-0.4, -0.2) is 22.1 Å². The van der Waals surface area contributed by atoms with Gasteiger partial charge in [0.05, 0.1) is 6.61 Å². The number of rotatable bonds is 6. The Kier molecular flexibility index (Phi) is 11.5. The largest absolute Gasteiger partial charge is 0.465 e. The summed E-state index contributed by atoms with van der Waals surface area (Å²) >= 11 is 5.55. The summed E-state index contributed by atoms with van der Waals surface area (Å²) in [6.45, 7) is 3.23. The average Bonchev–Trinajstić information content (AvgIpc) is 2.84. The monoisotopic (exact) mass is 572 g/mol. The fraction of sp³-hybridized carbons (Fsp3) is 0.222. The Morgan fingerprint density at radius 1 is 0.806 bits per heavy atom. The Balaban J connectivity index is 0.000000420. The second kappa shape index (κ2) is 13.4. The lowest BCUT2D eigenvalue weighted by Gasteiger charge is -2.15. The number of hydrogen-bond donors (Lipinski definition) is 4. The van der Waals surface area contributed by atoms with Gasteiger partial charge in [0, 0.05) is 0 Å². The normalized spacial score (nSPS) is 11.2. The topological polar surface area (TPSA) is 88.4 Å². The highest BCUT2D eigenvalue weighted by Gasteiger charge is 2.27. The number of esters is 1. The van der Waals surface area contributed by atoms with Crippen LogP contribution in [0.5, 0.6) is 0 Å². The van der Waals surface area contributed by atoms with Crippen molar-refractivity contribution in [2.45, 2.75) is 19.1 Å². The van der Waals surface area contributed by atoms with Crippen LogP contribution in [-0.2, 0) is 9.53 Å². The Labute approximate surface area is 205 Å². The highest BCUT2D eigenvalue weighted by molar-refractivity contribution is 8.23. The molecular weight excluding hydrogens is 558 g/mol. The molecule has 0 saturated carbocycles. The van der Waals surface area contributed by atoms with Crippen LogP contribution in [0, 0.1) is 58.2 Å². The minimum atomic E-state index is -2.27. The molecular formula is C18H14F10N4O2S2. The van der Waals surface area contributed by atoms with Crippen LogP contribution in [0.25, 0.3) is 0 Å². The van der Waals surface area contributed by atoms with Crippen LogP contribution in [0.4, 0.5) is 55.3 Å². The Hall–Kier alpha value is -2.99. The molecule has 0 spiro atoms. The number of hydrazine groups is 2. The summed E-state index contributed by atoms with van der Waals surface area (Å²) in [5, 5.41) is -0.729. The summed E-state index contributed by atoms with van der Waals surface area (Å²) in [7, 11) is 0. The number of halogens is 10. The number of benzene rings is 2. The van der Waals surface area contributed by atoms with Gasteiger partial charge in [-0.2, -0.15) is 0 Å². The standard InChI is InChI=1S/C12H11F5N2O2S2.C6H3F5N2/c1-3-21-11(20)4(2)23-12(22)19-18-10-8(16)6(14)5(13)7(15)9(10)17;7-1-2(8)4(10)6(13-12)5(11)3(1)9/h4,18H,3H2,1-2H3,(H,19,22);13H,12H2. The van der Waals surface area contributed by atoms with Crippen molar-refractivity contribution < 1.29 is 53.4 Å². The van der Waals surface area contributed by atoms with Gasteiger partial charge < -0.3 is 10.2 Å². The lowest BCUT2D eigenvalue weighted by atomic mass is 10.2. The molecule has 0 bridgehead atoms. The summed E-state index contributed by atoms with van der Waals surface area (Å²) in [4.78, 5) is 11.4. The van der Waals surface area contributed by atoms with Gasteiger partial charge in [-0.3, -0.25) is 21.5 Å². The number of ether oxygens (including phenoxy) is 1. The van der Waals surface area contributed by atoms with Crippen LogP contribution >= 0.6 is 24.0 Å². The van der Waals surface area contributed by atoms with E-state index in [1.165, 1.54) is 12.3 Å². The molecule has 2 aromatic carbocycles. The molecule has 0 aliphatic carbocycles. The molecule has 0 saturated heterocycles. The highest BCUT2D eigenvalue weighted by atomic mass is 32.2. The van der Waals surface area contributed by atoms with Gasteiger partial charge in [-0.05, 0) is 13.8 Å². The Bertz CT molecular complexity index is 1100. The minimum absolute atomic E-state index is 0.158. The van der Waals surface area contributed by atoms with Crippen LogP contribution in [0.3, 0.4) is 0 Å². The molecule has 0 aliphatic rings. The van der Waals surface area contributed by atoms with Crippen molar-refractivity contribution in [1.29, 1.82) is 0 Å². The Morgan fingerprint density at radius 2 is 1.17 bits per heavy atom. The molecule has 1 atom stereocenters. The van der Waals surface area contributed by atoms with Crippen LogP contribution in [0.2, 0.25) is 0 Å². The SMILES string of the molecule is CCOC(=O)C(C)SC(=S)NNc1c(F)c(F)c(F)c(F)c1F.NNc1c(F)c(F)c(F)c(F)c1F. The number of thioether (sulfide) groups is 1. The first-order chi connectivity index (χ1) is 16.7. The third-order valence-corrected chi connectivity index (χ3v) is 5.01. The van der Waals surface area contributed by atoms with Gasteiger partial charge in [0.2, 0.25) is 11.6 Å². The lowest BCUT2D eigenvalue weighted by Crippen LogP contribution is -2.30. The smallest absolute Gasteiger partial charge is 0.319 e. The number of carbonyl (C=O) groups is 1. The van der Waals surface area contributed by atoms with E-state index < -0.39 is 80.8 Å². The number of hydrogen-bond acceptors (Lipinski definition) is 7. The number of nitrogens with one attached hydrogen (secondary N) is 3. The van der Waals surface area contributed by atoms with E-state index in [1.54, 1.807) is 12.3 Å². The van der Waals surface area contributed by atoms with Gasteiger partial charge in [0.15, 0.2) is 50.9 Å². The highest BCUT2D eigenvalue weighted by Crippen LogP contribution is 2.27. The quantitative estimate of drug-likeness (QED) is 0.0737. The predicted molar refractivity (Wildman–Crippen MR) is 113 cm³/mol. The fourth-order valence-corrected chi connectivity index (χ4v) is 3.14. The zero-order valence-electron chi connectivity index (χ0n) is 17.8. The summed E-state index contributed by atoms with van der Waals surface area (Å²) in [6.07, 6.45) is 0. The molecule has 2 rings (SSSR count). The van der Waals surface area contributed by atoms with Crippen molar-refractivity contribution in [1.82, 2.24) is 5.43 Å². The molecule has 0 fully saturated rings. The van der Waals surface area contributed by atoms with Gasteiger partial charge in [0.1, 0.15) is 16.6 Å². The van der Waals surface area contributed by atoms with E-state index in [4.69, 9.17) is 17.0 Å². The van der Waals surface area contributed by atoms with E-state index in [0.29, 0.717) is 0 Å². The maximum atomic E-state index is 13.4. The predicted octanol–water partition coefficient (Wildman–Crippen LogP) is 4.94. The summed E-state index contributed by atoms with van der Waals surface area (Å²) in [5.41, 5.74) is 2.73. The zero-order valence-corrected chi connectivity index (χ0v) is 19.4. The van der Waals surface area contributed by atoms with Crippen molar-refractivity contribution in [3.63, 3.8) is 0 Å². The van der Waals surface area contributed by atoms with Crippen LogP contribution in [0.1, 0.15) is 13.8 Å². The van der Waals surface area contributed by atoms with Gasteiger partial charge in [-0.25, -0.2) is 43.9 Å². The van der Waals surface area contributed by atoms with Crippen molar-refractivity contribution in [2.75, 3.05) is 17.5 Å². The van der Waals surface area contributed by atoms with E-state index in [9.17, 15) is 48.7 Å². The van der Waals surface area contributed by atoms with Crippen LogP contribution < -0.4 is 22.1 Å². The second-order valence-electron chi connectivity index (χ2n) is 6.08. The number of thiocarbonyl (C=S) groups is 1. The van der Waals surface area contributed by atoms with E-state index >= 15 is 0 Å². The zero-order chi connectivity index (χ0) is 27.9. The molecule has 5 N–H and O–H groups in total. The molecule has 0 amide bonds. The molecule has 200 valence electrons. The van der Waals surface area contributed by atoms with Crippen molar-refractivity contribution in [3.8, 4) is 0 Å². The molecule has 18 heteroatoms. The third kappa shape index (κ3) is 7.03. The molecule has 6 nitrogen and oxygen atoms in total. The first-order valence-corrected chi connectivity index (χ1v) is 10.4. The van der Waals surface area contributed by atoms with E-state index in [1.807, 2.05) is 0 Å². The van der Waals surface area contributed by atoms with Gasteiger partial charge in [-0.1, -0.05) is 24.0 Å². The van der Waals surface area contributed by atoms with Crippen molar-refractivity contribution in [3.05, 3.63) is 58.2 Å². The Morgan fingerprint density at radius 3 is 1.53 bits per heavy atom. The van der Waals surface area contributed by atoms with E-state index in [-0.39, 0.29) is 10.9 Å². The molecule has 2 aromatic rings. The maximum Gasteiger partial charge on any atom is 0.319 e. The molecule has 0 aromatic heterocycles. The average molecular weight is 572 g/mol. The number of nitrogen functional groups attached to an aromatic ring is 1. The molecule has 0 radical (unpaired) electrons. The summed E-state index contributed by atoms with van der Waals surface area (Å²) in [5.74, 6) is -16.8. The van der Waals surface area contributed by atoms with Gasteiger partial charge in [-0.15, -0.1) is 0 Å². The number of nitrogens with two attached hydrogens (primary N) is 1. The number of anilines is 2. The first-order valence-electron chi connectivity index (χ1n) is 9.09. The van der Waals surface area contributed by atoms with Crippen molar-refractivity contribution >= 4 is 45.6 Å². The maximum absolute atomic E-state index is 13.4. The number of carbonyl (C=O) groups excluding carboxylic acids is 1. The lowest BCUT2D eigenvalue weighted by molar-refractivity contribution is -0.142. The van der Waals surface area contributed by atoms with Crippen molar-refractivity contribution in [2.24, 2.45) is 5.84 Å². The van der Waals surface area contributed by atoms with E-state index in [0.717, 1.165) is 11.8 Å². The first kappa shape index (κ1) is 31.0. The second-order valence-corrected chi connectivity index (χ2v) is 8.10. The third-order valence-electron chi connectivity index (χ3n) is 3.76. The van der Waals surface area contributed by atoms with Gasteiger partial charge in [0.25, 0.3) is 0 Å². The van der Waals surface area contributed by atoms with E-state index in [2.05, 4.69) is 11.3 Å². The minimum Gasteiger partial charge on any atom is -0.465 e.